The van der Waals surface area contributed by atoms with Gasteiger partial charge in [0.15, 0.2) is 0 Å². The molecule has 1 aliphatic rings. The lowest BCUT2D eigenvalue weighted by atomic mass is 10.1. The van der Waals surface area contributed by atoms with Crippen molar-refractivity contribution in [2.45, 2.75) is 6.42 Å². The van der Waals surface area contributed by atoms with Crippen molar-refractivity contribution in [1.82, 2.24) is 11.0 Å². The second kappa shape index (κ2) is 3.45. The van der Waals surface area contributed by atoms with Crippen LogP contribution < -0.4 is 11.0 Å². The van der Waals surface area contributed by atoms with E-state index in [1.807, 2.05) is 0 Å². The topological polar surface area (TPSA) is 33.3 Å². The second-order valence-electron chi connectivity index (χ2n) is 2.76. The highest BCUT2D eigenvalue weighted by molar-refractivity contribution is 5.20. The van der Waals surface area contributed by atoms with Crippen molar-refractivity contribution in [3.05, 3.63) is 47.6 Å². The van der Waals surface area contributed by atoms with E-state index in [0.717, 1.165) is 11.3 Å². The predicted molar refractivity (Wildman–Crippen MR) is 45.5 cm³/mol. The monoisotopic (exact) mass is 180 g/mol. The van der Waals surface area contributed by atoms with Gasteiger partial charge in [0, 0.05) is 6.42 Å². The molecule has 1 heterocycles. The van der Waals surface area contributed by atoms with Crippen molar-refractivity contribution in [2.75, 3.05) is 0 Å². The Morgan fingerprint density at radius 3 is 2.62 bits per heavy atom. The lowest BCUT2D eigenvalue weighted by molar-refractivity contribution is 0.109. The lowest BCUT2D eigenvalue weighted by Crippen LogP contribution is -2.18. The van der Waals surface area contributed by atoms with E-state index >= 15 is 0 Å². The number of benzene rings is 1. The molecular formula is C9H9FN2O. The molecule has 0 saturated carbocycles. The molecule has 0 fully saturated rings. The third-order valence-electron chi connectivity index (χ3n) is 1.77. The molecule has 4 heteroatoms. The normalized spacial score (nSPS) is 14.7. The molecule has 0 saturated heterocycles. The van der Waals surface area contributed by atoms with E-state index < -0.39 is 0 Å². The number of hydrogen-bond acceptors (Lipinski definition) is 3. The average molecular weight is 180 g/mol. The molecule has 0 bridgehead atoms. The SMILES string of the molecule is Fc1ccc(CC2=CNNO2)cc1. The maximum Gasteiger partial charge on any atom is 0.148 e. The summed E-state index contributed by atoms with van der Waals surface area (Å²) in [6.45, 7) is 0. The van der Waals surface area contributed by atoms with Gasteiger partial charge in [0.05, 0.1) is 6.20 Å². The summed E-state index contributed by atoms with van der Waals surface area (Å²) < 4.78 is 12.5. The Kier molecular flexibility index (Phi) is 2.14. The fraction of sp³-hybridized carbons (Fsp3) is 0.111. The molecule has 0 aromatic heterocycles. The van der Waals surface area contributed by atoms with Crippen LogP contribution in [0.1, 0.15) is 5.56 Å². The van der Waals surface area contributed by atoms with Crippen LogP contribution >= 0.6 is 0 Å². The molecular weight excluding hydrogens is 171 g/mol. The van der Waals surface area contributed by atoms with Crippen LogP contribution in [-0.4, -0.2) is 0 Å². The first-order valence-corrected chi connectivity index (χ1v) is 3.95. The summed E-state index contributed by atoms with van der Waals surface area (Å²) in [5.41, 5.74) is 6.20. The Balaban J connectivity index is 2.05. The summed E-state index contributed by atoms with van der Waals surface area (Å²) in [6, 6.07) is 6.34. The molecule has 0 spiro atoms. The highest BCUT2D eigenvalue weighted by atomic mass is 19.1. The maximum absolute atomic E-state index is 12.5. The van der Waals surface area contributed by atoms with Crippen LogP contribution in [0, 0.1) is 5.82 Å². The van der Waals surface area contributed by atoms with Gasteiger partial charge in [0.1, 0.15) is 11.6 Å². The summed E-state index contributed by atoms with van der Waals surface area (Å²) in [5.74, 6) is 0.563. The first-order valence-electron chi connectivity index (χ1n) is 3.95. The number of nitrogens with one attached hydrogen (secondary N) is 2. The van der Waals surface area contributed by atoms with Gasteiger partial charge in [-0.2, -0.15) is 0 Å². The fourth-order valence-corrected chi connectivity index (χ4v) is 1.12. The van der Waals surface area contributed by atoms with Crippen LogP contribution in [0.5, 0.6) is 0 Å². The second-order valence-corrected chi connectivity index (χ2v) is 2.76. The standard InChI is InChI=1S/C9H9FN2O/c10-8-3-1-7(2-4-8)5-9-6-11-12-13-9/h1-4,6,11-12H,5H2. The van der Waals surface area contributed by atoms with E-state index in [2.05, 4.69) is 11.0 Å². The Labute approximate surface area is 75.1 Å². The predicted octanol–water partition coefficient (Wildman–Crippen LogP) is 1.25. The quantitative estimate of drug-likeness (QED) is 0.718. The minimum atomic E-state index is -0.221. The van der Waals surface area contributed by atoms with Crippen molar-refractivity contribution in [3.63, 3.8) is 0 Å². The maximum atomic E-state index is 12.5. The van der Waals surface area contributed by atoms with Crippen molar-refractivity contribution in [2.24, 2.45) is 0 Å². The van der Waals surface area contributed by atoms with Gasteiger partial charge in [-0.1, -0.05) is 17.7 Å². The third kappa shape index (κ3) is 1.97. The molecule has 1 aromatic rings. The van der Waals surface area contributed by atoms with Crippen molar-refractivity contribution in [1.29, 1.82) is 0 Å². The summed E-state index contributed by atoms with van der Waals surface area (Å²) in [4.78, 5) is 4.99. The van der Waals surface area contributed by atoms with E-state index in [9.17, 15) is 4.39 Å². The Morgan fingerprint density at radius 1 is 1.23 bits per heavy atom. The molecule has 1 aliphatic heterocycles. The van der Waals surface area contributed by atoms with Crippen LogP contribution in [0.2, 0.25) is 0 Å². The largest absolute Gasteiger partial charge is 0.392 e. The molecule has 0 amide bonds. The Morgan fingerprint density at radius 2 is 2.00 bits per heavy atom. The smallest absolute Gasteiger partial charge is 0.148 e. The minimum Gasteiger partial charge on any atom is -0.392 e. The molecule has 0 radical (unpaired) electrons. The molecule has 3 nitrogen and oxygen atoms in total. The van der Waals surface area contributed by atoms with Crippen LogP contribution in [-0.2, 0) is 11.3 Å². The lowest BCUT2D eigenvalue weighted by Gasteiger charge is -2.01. The summed E-state index contributed by atoms with van der Waals surface area (Å²) >= 11 is 0. The number of rotatable bonds is 2. The number of allylic oxidation sites excluding steroid dienone is 1. The van der Waals surface area contributed by atoms with Crippen LogP contribution in [0.15, 0.2) is 36.2 Å². The highest BCUT2D eigenvalue weighted by Gasteiger charge is 2.05. The third-order valence-corrected chi connectivity index (χ3v) is 1.77. The molecule has 1 aromatic carbocycles. The molecule has 2 rings (SSSR count). The minimum absolute atomic E-state index is 0.221. The van der Waals surface area contributed by atoms with Gasteiger partial charge in [-0.05, 0) is 17.7 Å². The van der Waals surface area contributed by atoms with Gasteiger partial charge in [0.2, 0.25) is 0 Å². The number of hydrogen-bond donors (Lipinski definition) is 2. The van der Waals surface area contributed by atoms with E-state index in [1.54, 1.807) is 18.3 Å². The highest BCUT2D eigenvalue weighted by Crippen LogP contribution is 2.10. The van der Waals surface area contributed by atoms with E-state index in [1.165, 1.54) is 12.1 Å². The van der Waals surface area contributed by atoms with Gasteiger partial charge < -0.3 is 4.84 Å². The van der Waals surface area contributed by atoms with Gasteiger partial charge in [-0.15, -0.1) is 0 Å². The zero-order valence-electron chi connectivity index (χ0n) is 6.88. The summed E-state index contributed by atoms with van der Waals surface area (Å²) in [7, 11) is 0. The van der Waals surface area contributed by atoms with Gasteiger partial charge in [-0.25, -0.2) is 4.39 Å². The van der Waals surface area contributed by atoms with E-state index in [4.69, 9.17) is 4.84 Å². The summed E-state index contributed by atoms with van der Waals surface area (Å²) in [5, 5.41) is 0. The van der Waals surface area contributed by atoms with Crippen molar-refractivity contribution >= 4 is 0 Å². The van der Waals surface area contributed by atoms with Crippen LogP contribution in [0.3, 0.4) is 0 Å². The number of hydrazine groups is 1. The van der Waals surface area contributed by atoms with Crippen LogP contribution in [0.25, 0.3) is 0 Å². The first-order chi connectivity index (χ1) is 6.34. The zero-order chi connectivity index (χ0) is 9.10. The van der Waals surface area contributed by atoms with Gasteiger partial charge >= 0.3 is 0 Å². The van der Waals surface area contributed by atoms with E-state index in [-0.39, 0.29) is 5.82 Å². The molecule has 0 unspecified atom stereocenters. The van der Waals surface area contributed by atoms with Crippen molar-refractivity contribution < 1.29 is 9.23 Å². The van der Waals surface area contributed by atoms with Gasteiger partial charge in [0.25, 0.3) is 0 Å². The average Bonchev–Trinajstić information content (AvgIpc) is 2.62. The molecule has 68 valence electrons. The van der Waals surface area contributed by atoms with E-state index in [0.29, 0.717) is 6.42 Å². The molecule has 13 heavy (non-hydrogen) atoms. The molecule has 2 N–H and O–H groups in total. The molecule has 0 aliphatic carbocycles. The molecule has 0 atom stereocenters. The summed E-state index contributed by atoms with van der Waals surface area (Å²) in [6.07, 6.45) is 2.38. The zero-order valence-corrected chi connectivity index (χ0v) is 6.88. The van der Waals surface area contributed by atoms with Crippen LogP contribution in [0.4, 0.5) is 4.39 Å². The van der Waals surface area contributed by atoms with Crippen molar-refractivity contribution in [3.8, 4) is 0 Å². The number of halogens is 1. The first kappa shape index (κ1) is 8.07. The Bertz CT molecular complexity index is 321. The fourth-order valence-electron chi connectivity index (χ4n) is 1.12. The Hall–Kier alpha value is -1.55. The van der Waals surface area contributed by atoms with Gasteiger partial charge in [-0.3, -0.25) is 5.43 Å².